The maximum Gasteiger partial charge on any atom is 0.270 e. The standard InChI is InChI=1S/C17H19FN4O4S/c1-3-21(4-2)27(25,26)17-11-15(22(23)24)9-10-16(17)20-19-12-13-5-7-14(18)8-6-13/h5-12,20H,3-4H2,1-2H3/b19-12+. The SMILES string of the molecule is CCN(CC)S(=O)(=O)c1cc([N+](=O)[O-])ccc1N/N=C/c1ccc(F)cc1. The average Bonchev–Trinajstić information content (AvgIpc) is 2.64. The van der Waals surface area contributed by atoms with E-state index in [9.17, 15) is 22.9 Å². The van der Waals surface area contributed by atoms with E-state index in [0.29, 0.717) is 5.56 Å². The van der Waals surface area contributed by atoms with E-state index >= 15 is 0 Å². The number of hydrogen-bond acceptors (Lipinski definition) is 6. The van der Waals surface area contributed by atoms with Crippen LogP contribution in [0.15, 0.2) is 52.5 Å². The van der Waals surface area contributed by atoms with E-state index in [-0.39, 0.29) is 35.2 Å². The number of hydrogen-bond donors (Lipinski definition) is 1. The average molecular weight is 394 g/mol. The molecule has 2 aromatic carbocycles. The van der Waals surface area contributed by atoms with Crippen LogP contribution in [-0.2, 0) is 10.0 Å². The second-order valence-corrected chi connectivity index (χ2v) is 7.35. The van der Waals surface area contributed by atoms with Crippen molar-refractivity contribution >= 4 is 27.6 Å². The van der Waals surface area contributed by atoms with Crippen molar-refractivity contribution in [2.75, 3.05) is 18.5 Å². The lowest BCUT2D eigenvalue weighted by molar-refractivity contribution is -0.385. The van der Waals surface area contributed by atoms with Crippen LogP contribution in [-0.4, -0.2) is 37.0 Å². The summed E-state index contributed by atoms with van der Waals surface area (Å²) in [6.45, 7) is 3.80. The summed E-state index contributed by atoms with van der Waals surface area (Å²) in [5.41, 5.74) is 2.96. The molecule has 0 saturated heterocycles. The van der Waals surface area contributed by atoms with E-state index < -0.39 is 14.9 Å². The Morgan fingerprint density at radius 3 is 2.37 bits per heavy atom. The van der Waals surface area contributed by atoms with Crippen LogP contribution in [0.25, 0.3) is 0 Å². The van der Waals surface area contributed by atoms with Crippen LogP contribution >= 0.6 is 0 Å². The van der Waals surface area contributed by atoms with E-state index in [4.69, 9.17) is 0 Å². The van der Waals surface area contributed by atoms with Crippen LogP contribution in [0.1, 0.15) is 19.4 Å². The van der Waals surface area contributed by atoms with Gasteiger partial charge in [0.25, 0.3) is 5.69 Å². The third kappa shape index (κ3) is 4.86. The van der Waals surface area contributed by atoms with Gasteiger partial charge >= 0.3 is 0 Å². The first kappa shape index (κ1) is 20.5. The molecule has 0 aliphatic heterocycles. The van der Waals surface area contributed by atoms with Gasteiger partial charge in [0.2, 0.25) is 10.0 Å². The number of nitrogens with zero attached hydrogens (tertiary/aromatic N) is 3. The Morgan fingerprint density at radius 2 is 1.81 bits per heavy atom. The van der Waals surface area contributed by atoms with Crippen molar-refractivity contribution in [2.24, 2.45) is 5.10 Å². The van der Waals surface area contributed by atoms with Gasteiger partial charge in [-0.1, -0.05) is 26.0 Å². The Hall–Kier alpha value is -2.85. The number of non-ortho nitro benzene ring substituents is 1. The third-order valence-corrected chi connectivity index (χ3v) is 5.86. The van der Waals surface area contributed by atoms with Gasteiger partial charge in [-0.3, -0.25) is 15.5 Å². The summed E-state index contributed by atoms with van der Waals surface area (Å²) in [7, 11) is -3.95. The highest BCUT2D eigenvalue weighted by atomic mass is 32.2. The molecule has 0 spiro atoms. The van der Waals surface area contributed by atoms with Crippen molar-refractivity contribution in [3.8, 4) is 0 Å². The molecule has 0 amide bonds. The molecule has 27 heavy (non-hydrogen) atoms. The summed E-state index contributed by atoms with van der Waals surface area (Å²) in [6, 6.07) is 9.03. The van der Waals surface area contributed by atoms with Gasteiger partial charge in [-0.05, 0) is 23.8 Å². The largest absolute Gasteiger partial charge is 0.277 e. The zero-order valence-corrected chi connectivity index (χ0v) is 15.6. The van der Waals surface area contributed by atoms with Gasteiger partial charge in [-0.15, -0.1) is 0 Å². The first-order chi connectivity index (χ1) is 12.8. The number of nitrogens with one attached hydrogen (secondary N) is 1. The molecule has 0 bridgehead atoms. The maximum atomic E-state index is 12.9. The van der Waals surface area contributed by atoms with Gasteiger partial charge in [0.15, 0.2) is 0 Å². The molecule has 0 aliphatic rings. The summed E-state index contributed by atoms with van der Waals surface area (Å²) >= 11 is 0. The number of benzene rings is 2. The number of sulfonamides is 1. The second-order valence-electron chi connectivity index (χ2n) is 5.45. The minimum atomic E-state index is -3.95. The molecule has 144 valence electrons. The Bertz CT molecular complexity index is 942. The fraction of sp³-hybridized carbons (Fsp3) is 0.235. The van der Waals surface area contributed by atoms with Gasteiger partial charge in [0, 0.05) is 25.2 Å². The lowest BCUT2D eigenvalue weighted by atomic mass is 10.2. The molecule has 0 atom stereocenters. The van der Waals surface area contributed by atoms with Gasteiger partial charge in [0.1, 0.15) is 10.7 Å². The van der Waals surface area contributed by atoms with Gasteiger partial charge in [-0.25, -0.2) is 12.8 Å². The molecule has 0 aliphatic carbocycles. The number of anilines is 1. The molecule has 0 saturated carbocycles. The van der Waals surface area contributed by atoms with Gasteiger partial charge < -0.3 is 0 Å². The lowest BCUT2D eigenvalue weighted by Gasteiger charge is -2.20. The second kappa shape index (κ2) is 8.69. The summed E-state index contributed by atoms with van der Waals surface area (Å²) in [6.07, 6.45) is 1.38. The number of halogens is 1. The summed E-state index contributed by atoms with van der Waals surface area (Å²) in [5, 5.41) is 15.0. The zero-order chi connectivity index (χ0) is 20.0. The van der Waals surface area contributed by atoms with Crippen molar-refractivity contribution < 1.29 is 17.7 Å². The highest BCUT2D eigenvalue weighted by Crippen LogP contribution is 2.29. The van der Waals surface area contributed by atoms with Crippen LogP contribution < -0.4 is 5.43 Å². The summed E-state index contributed by atoms with van der Waals surface area (Å²) in [4.78, 5) is 10.1. The van der Waals surface area contributed by atoms with E-state index in [1.807, 2.05) is 0 Å². The van der Waals surface area contributed by atoms with Crippen LogP contribution in [0, 0.1) is 15.9 Å². The van der Waals surface area contributed by atoms with Crippen LogP contribution in [0.4, 0.5) is 15.8 Å². The van der Waals surface area contributed by atoms with Crippen LogP contribution in [0.2, 0.25) is 0 Å². The summed E-state index contributed by atoms with van der Waals surface area (Å²) in [5.74, 6) is -0.386. The quantitative estimate of drug-likeness (QED) is 0.420. The molecule has 2 rings (SSSR count). The predicted octanol–water partition coefficient (Wildman–Crippen LogP) is 3.21. The molecule has 0 fully saturated rings. The van der Waals surface area contributed by atoms with Crippen molar-refractivity contribution in [3.63, 3.8) is 0 Å². The minimum absolute atomic E-state index is 0.103. The minimum Gasteiger partial charge on any atom is -0.277 e. The van der Waals surface area contributed by atoms with E-state index in [1.54, 1.807) is 13.8 Å². The number of nitro benzene ring substituents is 1. The zero-order valence-electron chi connectivity index (χ0n) is 14.8. The third-order valence-electron chi connectivity index (χ3n) is 3.77. The fourth-order valence-corrected chi connectivity index (χ4v) is 3.98. The maximum absolute atomic E-state index is 12.9. The van der Waals surface area contributed by atoms with Crippen molar-refractivity contribution in [1.82, 2.24) is 4.31 Å². The highest BCUT2D eigenvalue weighted by Gasteiger charge is 2.27. The Morgan fingerprint density at radius 1 is 1.19 bits per heavy atom. The van der Waals surface area contributed by atoms with E-state index in [1.165, 1.54) is 46.9 Å². The first-order valence-electron chi connectivity index (χ1n) is 8.12. The number of rotatable bonds is 8. The Kier molecular flexibility index (Phi) is 6.59. The molecule has 8 nitrogen and oxygen atoms in total. The molecule has 0 aromatic heterocycles. The molecule has 10 heteroatoms. The van der Waals surface area contributed by atoms with Crippen molar-refractivity contribution in [2.45, 2.75) is 18.7 Å². The normalized spacial score (nSPS) is 11.9. The van der Waals surface area contributed by atoms with E-state index in [0.717, 1.165) is 6.07 Å². The monoisotopic (exact) mass is 394 g/mol. The molecule has 1 N–H and O–H groups in total. The Labute approximate surface area is 156 Å². The molecule has 0 heterocycles. The van der Waals surface area contributed by atoms with Gasteiger partial charge in [-0.2, -0.15) is 9.41 Å². The van der Waals surface area contributed by atoms with Gasteiger partial charge in [0.05, 0.1) is 16.8 Å². The predicted molar refractivity (Wildman–Crippen MR) is 101 cm³/mol. The highest BCUT2D eigenvalue weighted by molar-refractivity contribution is 7.89. The van der Waals surface area contributed by atoms with Crippen molar-refractivity contribution in [3.05, 3.63) is 64.0 Å². The smallest absolute Gasteiger partial charge is 0.270 e. The Balaban J connectivity index is 2.40. The van der Waals surface area contributed by atoms with Crippen LogP contribution in [0.3, 0.4) is 0 Å². The van der Waals surface area contributed by atoms with Crippen LogP contribution in [0.5, 0.6) is 0 Å². The number of nitro groups is 1. The lowest BCUT2D eigenvalue weighted by Crippen LogP contribution is -2.31. The molecular weight excluding hydrogens is 375 g/mol. The molecule has 0 radical (unpaired) electrons. The molecule has 0 unspecified atom stereocenters. The van der Waals surface area contributed by atoms with E-state index in [2.05, 4.69) is 10.5 Å². The van der Waals surface area contributed by atoms with Crippen molar-refractivity contribution in [1.29, 1.82) is 0 Å². The summed E-state index contributed by atoms with van der Waals surface area (Å²) < 4.78 is 39.8. The molecular formula is C17H19FN4O4S. The number of hydrazone groups is 1. The fourth-order valence-electron chi connectivity index (χ4n) is 2.36. The molecule has 2 aromatic rings. The topological polar surface area (TPSA) is 105 Å². The first-order valence-corrected chi connectivity index (χ1v) is 9.56.